The summed E-state index contributed by atoms with van der Waals surface area (Å²) >= 11 is 2.44. The molecule has 36 heavy (non-hydrogen) atoms. The molecule has 1 nitrogen and oxygen atoms in total. The number of nitrogens with zero attached hydrogens (tertiary/aromatic N) is 1. The van der Waals surface area contributed by atoms with Crippen LogP contribution < -0.4 is 0 Å². The van der Waals surface area contributed by atoms with Crippen molar-refractivity contribution in [1.29, 1.82) is 0 Å². The largest absolute Gasteiger partial charge is 0.309 e. The second-order valence-electron chi connectivity index (χ2n) is 11.9. The second-order valence-corrected chi connectivity index (χ2v) is 13.2. The van der Waals surface area contributed by atoms with Crippen LogP contribution in [0.15, 0.2) is 97.1 Å². The fourth-order valence-corrected chi connectivity index (χ4v) is 9.27. The Kier molecular flexibility index (Phi) is 4.60. The molecule has 1 heterocycles. The number of rotatable bonds is 3. The van der Waals surface area contributed by atoms with Crippen molar-refractivity contribution in [1.82, 2.24) is 4.57 Å². The highest BCUT2D eigenvalue weighted by atomic mass is 127. The predicted molar refractivity (Wildman–Crippen MR) is 158 cm³/mol. The van der Waals surface area contributed by atoms with Crippen molar-refractivity contribution in [3.05, 3.63) is 112 Å². The van der Waals surface area contributed by atoms with Crippen LogP contribution in [-0.4, -0.2) is 4.57 Å². The van der Waals surface area contributed by atoms with Gasteiger partial charge in [-0.2, -0.15) is 0 Å². The highest BCUT2D eigenvalue weighted by molar-refractivity contribution is 14.1. The molecule has 0 amide bonds. The standard InChI is InChI=1S/C34H30IN/c35-27-13-9-25(10-14-27)33-18-23-17-24(19-33)21-34(20-23,22-33)26-11-15-28(16-12-26)36-31-7-3-1-5-29(31)30-6-2-4-8-32(30)36/h1-16,23-24H,17-22H2. The molecule has 1 aromatic heterocycles. The van der Waals surface area contributed by atoms with Crippen LogP contribution in [0.3, 0.4) is 0 Å². The first kappa shape index (κ1) is 21.5. The number of hydrogen-bond acceptors (Lipinski definition) is 0. The summed E-state index contributed by atoms with van der Waals surface area (Å²) in [5, 5.41) is 2.66. The van der Waals surface area contributed by atoms with E-state index >= 15 is 0 Å². The molecule has 4 fully saturated rings. The smallest absolute Gasteiger partial charge is 0.0541 e. The van der Waals surface area contributed by atoms with Crippen LogP contribution in [0, 0.1) is 15.4 Å². The van der Waals surface area contributed by atoms with Gasteiger partial charge in [0.15, 0.2) is 0 Å². The van der Waals surface area contributed by atoms with E-state index in [4.69, 9.17) is 0 Å². The molecule has 0 saturated heterocycles. The van der Waals surface area contributed by atoms with Crippen molar-refractivity contribution in [2.75, 3.05) is 0 Å². The molecular weight excluding hydrogens is 549 g/mol. The van der Waals surface area contributed by atoms with Crippen LogP contribution >= 0.6 is 22.6 Å². The Bertz CT molecular complexity index is 1540. The Morgan fingerprint density at radius 2 is 1.06 bits per heavy atom. The lowest BCUT2D eigenvalue weighted by Crippen LogP contribution is -2.55. The summed E-state index contributed by atoms with van der Waals surface area (Å²) in [5.41, 5.74) is 7.75. The van der Waals surface area contributed by atoms with Gasteiger partial charge in [-0.25, -0.2) is 0 Å². The maximum absolute atomic E-state index is 2.48. The number of fused-ring (bicyclic) bond motifs is 3. The van der Waals surface area contributed by atoms with E-state index in [1.807, 2.05) is 0 Å². The summed E-state index contributed by atoms with van der Waals surface area (Å²) in [6.45, 7) is 0. The van der Waals surface area contributed by atoms with E-state index in [0.717, 1.165) is 11.8 Å². The second kappa shape index (κ2) is 7.71. The van der Waals surface area contributed by atoms with Crippen molar-refractivity contribution in [2.45, 2.75) is 49.4 Å². The number of hydrogen-bond donors (Lipinski definition) is 0. The van der Waals surface area contributed by atoms with E-state index in [-0.39, 0.29) is 0 Å². The molecule has 0 aliphatic heterocycles. The van der Waals surface area contributed by atoms with Crippen LogP contribution in [-0.2, 0) is 10.8 Å². The van der Waals surface area contributed by atoms with Crippen molar-refractivity contribution in [2.24, 2.45) is 11.8 Å². The predicted octanol–water partition coefficient (Wildman–Crippen LogP) is 9.18. The Balaban J connectivity index is 1.22. The van der Waals surface area contributed by atoms with Gasteiger partial charge >= 0.3 is 0 Å². The van der Waals surface area contributed by atoms with Gasteiger partial charge in [0.1, 0.15) is 0 Å². The topological polar surface area (TPSA) is 4.93 Å². The van der Waals surface area contributed by atoms with E-state index in [2.05, 4.69) is 124 Å². The molecule has 2 atom stereocenters. The fraction of sp³-hybridized carbons (Fsp3) is 0.294. The average Bonchev–Trinajstić information content (AvgIpc) is 3.23. The Morgan fingerprint density at radius 3 is 1.58 bits per heavy atom. The van der Waals surface area contributed by atoms with Gasteiger partial charge in [0.05, 0.1) is 11.0 Å². The van der Waals surface area contributed by atoms with Gasteiger partial charge in [-0.3, -0.25) is 0 Å². The zero-order chi connectivity index (χ0) is 23.9. The number of aromatic nitrogens is 1. The lowest BCUT2D eigenvalue weighted by Gasteiger charge is -2.63. The summed E-state index contributed by atoms with van der Waals surface area (Å²) < 4.78 is 3.79. The van der Waals surface area contributed by atoms with Gasteiger partial charge in [0.2, 0.25) is 0 Å². The molecule has 178 valence electrons. The van der Waals surface area contributed by atoms with Gasteiger partial charge < -0.3 is 4.57 Å². The summed E-state index contributed by atoms with van der Waals surface area (Å²) in [5.74, 6) is 1.75. The van der Waals surface area contributed by atoms with E-state index in [1.54, 1.807) is 11.1 Å². The first-order valence-corrected chi connectivity index (χ1v) is 14.6. The van der Waals surface area contributed by atoms with E-state index in [0.29, 0.717) is 10.8 Å². The first-order chi connectivity index (χ1) is 17.6. The quantitative estimate of drug-likeness (QED) is 0.188. The maximum atomic E-state index is 2.48. The van der Waals surface area contributed by atoms with Crippen LogP contribution in [0.1, 0.15) is 49.7 Å². The molecule has 5 aromatic rings. The average molecular weight is 580 g/mol. The van der Waals surface area contributed by atoms with Gasteiger partial charge in [-0.1, -0.05) is 60.7 Å². The van der Waals surface area contributed by atoms with Crippen LogP contribution in [0.5, 0.6) is 0 Å². The third-order valence-electron chi connectivity index (χ3n) is 9.84. The Labute approximate surface area is 226 Å². The van der Waals surface area contributed by atoms with Crippen molar-refractivity contribution in [3.63, 3.8) is 0 Å². The lowest BCUT2D eigenvalue weighted by atomic mass is 9.42. The highest BCUT2D eigenvalue weighted by Gasteiger charge is 2.58. The van der Waals surface area contributed by atoms with Crippen molar-refractivity contribution in [3.8, 4) is 5.69 Å². The minimum Gasteiger partial charge on any atom is -0.309 e. The fourth-order valence-electron chi connectivity index (χ4n) is 8.91. The molecule has 4 aliphatic rings. The molecule has 4 bridgehead atoms. The SMILES string of the molecule is Ic1ccc(C23CC4CC(C2)CC(c2ccc(-n5c6ccccc6c6ccccc65)cc2)(C4)C3)cc1. The Hall–Kier alpha value is -2.59. The molecule has 4 aliphatic carbocycles. The summed E-state index contributed by atoms with van der Waals surface area (Å²) in [6, 6.07) is 36.9. The summed E-state index contributed by atoms with van der Waals surface area (Å²) in [4.78, 5) is 0. The minimum absolute atomic E-state index is 0.340. The molecule has 4 saturated carbocycles. The summed E-state index contributed by atoms with van der Waals surface area (Å²) in [6.07, 6.45) is 8.32. The molecule has 4 aromatic carbocycles. The molecule has 0 radical (unpaired) electrons. The molecule has 2 unspecified atom stereocenters. The van der Waals surface area contributed by atoms with Gasteiger partial charge in [-0.15, -0.1) is 0 Å². The molecular formula is C34H30IN. The van der Waals surface area contributed by atoms with Gasteiger partial charge in [0, 0.05) is 20.0 Å². The Morgan fingerprint density at radius 1 is 0.583 bits per heavy atom. The third-order valence-corrected chi connectivity index (χ3v) is 10.6. The zero-order valence-corrected chi connectivity index (χ0v) is 22.6. The van der Waals surface area contributed by atoms with Crippen molar-refractivity contribution < 1.29 is 0 Å². The number of benzene rings is 4. The van der Waals surface area contributed by atoms with Gasteiger partial charge in [-0.05, 0) is 131 Å². The normalized spacial score (nSPS) is 28.8. The first-order valence-electron chi connectivity index (χ1n) is 13.5. The molecule has 0 N–H and O–H groups in total. The lowest BCUT2D eigenvalue weighted by molar-refractivity contribution is -0.0281. The van der Waals surface area contributed by atoms with E-state index in [1.165, 1.54) is 69.6 Å². The number of halogens is 1. The van der Waals surface area contributed by atoms with Crippen LogP contribution in [0.4, 0.5) is 0 Å². The third kappa shape index (κ3) is 3.06. The van der Waals surface area contributed by atoms with Crippen molar-refractivity contribution >= 4 is 44.4 Å². The zero-order valence-electron chi connectivity index (χ0n) is 20.5. The number of para-hydroxylation sites is 2. The summed E-state index contributed by atoms with van der Waals surface area (Å²) in [7, 11) is 0. The molecule has 2 heteroatoms. The minimum atomic E-state index is 0.340. The van der Waals surface area contributed by atoms with Gasteiger partial charge in [0.25, 0.3) is 0 Å². The molecule has 9 rings (SSSR count). The molecule has 0 spiro atoms. The maximum Gasteiger partial charge on any atom is 0.0541 e. The van der Waals surface area contributed by atoms with Crippen LogP contribution in [0.25, 0.3) is 27.5 Å². The van der Waals surface area contributed by atoms with E-state index in [9.17, 15) is 0 Å². The van der Waals surface area contributed by atoms with E-state index < -0.39 is 0 Å². The monoisotopic (exact) mass is 579 g/mol. The highest BCUT2D eigenvalue weighted by Crippen LogP contribution is 2.66. The van der Waals surface area contributed by atoms with Crippen LogP contribution in [0.2, 0.25) is 0 Å².